The highest BCUT2D eigenvalue weighted by atomic mass is 16.5. The zero-order chi connectivity index (χ0) is 24.4. The standard InChI is InChI=1S/C26H26N6O3/c1-17-12-20(14-25(30-17)31-8-10-34-11-9-31)35-24-13-18(15-27)2-4-21(24)23-5-3-19(16-29-23)32-7-6-22(28)26(32)33/h2-5,12-14,16,22H,6-11,28H2,1H3. The van der Waals surface area contributed by atoms with E-state index in [9.17, 15) is 10.1 Å². The summed E-state index contributed by atoms with van der Waals surface area (Å²) in [6.45, 7) is 5.37. The van der Waals surface area contributed by atoms with Gasteiger partial charge < -0.3 is 25.0 Å². The van der Waals surface area contributed by atoms with E-state index in [1.807, 2.05) is 37.3 Å². The lowest BCUT2D eigenvalue weighted by molar-refractivity contribution is -0.118. The molecule has 2 N–H and O–H groups in total. The number of aromatic nitrogens is 2. The van der Waals surface area contributed by atoms with Gasteiger partial charge in [-0.15, -0.1) is 0 Å². The second kappa shape index (κ2) is 9.70. The number of hydrogen-bond acceptors (Lipinski definition) is 8. The Morgan fingerprint density at radius 2 is 1.97 bits per heavy atom. The smallest absolute Gasteiger partial charge is 0.244 e. The molecule has 0 saturated carbocycles. The number of nitrogens with two attached hydrogens (primary N) is 1. The molecule has 3 aromatic rings. The molecule has 178 valence electrons. The van der Waals surface area contributed by atoms with Gasteiger partial charge in [0, 0.05) is 43.0 Å². The zero-order valence-electron chi connectivity index (χ0n) is 19.5. The Bertz CT molecular complexity index is 1280. The molecule has 4 heterocycles. The van der Waals surface area contributed by atoms with E-state index in [1.165, 1.54) is 0 Å². The predicted molar refractivity (Wildman–Crippen MR) is 131 cm³/mol. The molecular weight excluding hydrogens is 444 g/mol. The highest BCUT2D eigenvalue weighted by Crippen LogP contribution is 2.35. The van der Waals surface area contributed by atoms with Gasteiger partial charge in [-0.2, -0.15) is 5.26 Å². The average molecular weight is 471 g/mol. The summed E-state index contributed by atoms with van der Waals surface area (Å²) in [5.74, 6) is 1.88. The molecule has 2 aliphatic heterocycles. The molecule has 1 unspecified atom stereocenters. The van der Waals surface area contributed by atoms with Crippen molar-refractivity contribution in [2.45, 2.75) is 19.4 Å². The summed E-state index contributed by atoms with van der Waals surface area (Å²) < 4.78 is 11.8. The minimum atomic E-state index is -0.459. The monoisotopic (exact) mass is 470 g/mol. The molecular formula is C26H26N6O3. The van der Waals surface area contributed by atoms with E-state index in [-0.39, 0.29) is 5.91 Å². The van der Waals surface area contributed by atoms with Crippen LogP contribution in [0.25, 0.3) is 11.3 Å². The number of hydrogen-bond donors (Lipinski definition) is 1. The number of carbonyl (C=O) groups excluding carboxylic acids is 1. The second-order valence-corrected chi connectivity index (χ2v) is 8.61. The number of morpholine rings is 1. The maximum atomic E-state index is 12.3. The van der Waals surface area contributed by atoms with E-state index in [1.54, 1.807) is 23.2 Å². The van der Waals surface area contributed by atoms with E-state index >= 15 is 0 Å². The summed E-state index contributed by atoms with van der Waals surface area (Å²) in [6.07, 6.45) is 2.30. The average Bonchev–Trinajstić information content (AvgIpc) is 3.22. The molecule has 1 aromatic carbocycles. The quantitative estimate of drug-likeness (QED) is 0.605. The minimum Gasteiger partial charge on any atom is -0.456 e. The van der Waals surface area contributed by atoms with Crippen LogP contribution in [0.4, 0.5) is 11.5 Å². The number of anilines is 2. The highest BCUT2D eigenvalue weighted by Gasteiger charge is 2.29. The Balaban J connectivity index is 1.45. The first-order valence-electron chi connectivity index (χ1n) is 11.6. The van der Waals surface area contributed by atoms with Crippen LogP contribution in [0.1, 0.15) is 17.7 Å². The van der Waals surface area contributed by atoms with Crippen LogP contribution in [0.2, 0.25) is 0 Å². The Labute approximate surface area is 203 Å². The van der Waals surface area contributed by atoms with Crippen LogP contribution in [-0.2, 0) is 9.53 Å². The molecule has 2 fully saturated rings. The molecule has 35 heavy (non-hydrogen) atoms. The lowest BCUT2D eigenvalue weighted by Gasteiger charge is -2.28. The predicted octanol–water partition coefficient (Wildman–Crippen LogP) is 3.02. The van der Waals surface area contributed by atoms with Gasteiger partial charge in [-0.05, 0) is 43.7 Å². The van der Waals surface area contributed by atoms with Crippen LogP contribution < -0.4 is 20.3 Å². The van der Waals surface area contributed by atoms with E-state index in [4.69, 9.17) is 15.2 Å². The summed E-state index contributed by atoms with van der Waals surface area (Å²) in [6, 6.07) is 14.4. The SMILES string of the molecule is Cc1cc(Oc2cc(C#N)ccc2-c2ccc(N3CCC(N)C3=O)cn2)cc(N2CCOCC2)n1. The minimum absolute atomic E-state index is 0.0916. The molecule has 0 spiro atoms. The Kier molecular flexibility index (Phi) is 6.31. The number of pyridine rings is 2. The van der Waals surface area contributed by atoms with Crippen molar-refractivity contribution in [1.29, 1.82) is 5.26 Å². The van der Waals surface area contributed by atoms with Crippen molar-refractivity contribution in [3.63, 3.8) is 0 Å². The maximum absolute atomic E-state index is 12.3. The fourth-order valence-electron chi connectivity index (χ4n) is 4.31. The Morgan fingerprint density at radius 3 is 2.66 bits per heavy atom. The number of benzene rings is 1. The van der Waals surface area contributed by atoms with Crippen LogP contribution in [0.15, 0.2) is 48.7 Å². The molecule has 9 nitrogen and oxygen atoms in total. The summed E-state index contributed by atoms with van der Waals surface area (Å²) in [5.41, 5.74) is 9.28. The zero-order valence-corrected chi connectivity index (χ0v) is 19.5. The lowest BCUT2D eigenvalue weighted by atomic mass is 10.1. The van der Waals surface area contributed by atoms with Gasteiger partial charge in [-0.3, -0.25) is 9.78 Å². The molecule has 5 rings (SSSR count). The molecule has 9 heteroatoms. The largest absolute Gasteiger partial charge is 0.456 e. The van der Waals surface area contributed by atoms with Crippen LogP contribution in [-0.4, -0.2) is 54.8 Å². The fraction of sp³-hybridized carbons (Fsp3) is 0.308. The van der Waals surface area contributed by atoms with Gasteiger partial charge in [0.15, 0.2) is 0 Å². The fourth-order valence-corrected chi connectivity index (χ4v) is 4.31. The van der Waals surface area contributed by atoms with Gasteiger partial charge in [0.2, 0.25) is 5.91 Å². The molecule has 2 aromatic heterocycles. The van der Waals surface area contributed by atoms with Crippen LogP contribution >= 0.6 is 0 Å². The normalized spacial score (nSPS) is 18.0. The van der Waals surface area contributed by atoms with Gasteiger partial charge in [0.25, 0.3) is 0 Å². The van der Waals surface area contributed by atoms with Crippen molar-refractivity contribution in [3.05, 3.63) is 59.9 Å². The van der Waals surface area contributed by atoms with E-state index < -0.39 is 6.04 Å². The number of aryl methyl sites for hydroxylation is 1. The third-order valence-corrected chi connectivity index (χ3v) is 6.17. The van der Waals surface area contributed by atoms with E-state index in [0.717, 1.165) is 30.2 Å². The number of nitriles is 1. The van der Waals surface area contributed by atoms with Gasteiger partial charge in [-0.25, -0.2) is 4.98 Å². The van der Waals surface area contributed by atoms with Crippen molar-refractivity contribution in [2.24, 2.45) is 5.73 Å². The summed E-state index contributed by atoms with van der Waals surface area (Å²) in [5, 5.41) is 9.45. The number of rotatable bonds is 5. The molecule has 2 aliphatic rings. The van der Waals surface area contributed by atoms with Crippen LogP contribution in [0.5, 0.6) is 11.5 Å². The topological polar surface area (TPSA) is 118 Å². The summed E-state index contributed by atoms with van der Waals surface area (Å²) in [4.78, 5) is 25.3. The summed E-state index contributed by atoms with van der Waals surface area (Å²) >= 11 is 0. The van der Waals surface area contributed by atoms with E-state index in [0.29, 0.717) is 54.6 Å². The first-order valence-corrected chi connectivity index (χ1v) is 11.6. The number of ether oxygens (including phenoxy) is 2. The number of carbonyl (C=O) groups is 1. The molecule has 0 aliphatic carbocycles. The lowest BCUT2D eigenvalue weighted by Crippen LogP contribution is -2.36. The third kappa shape index (κ3) is 4.80. The number of amides is 1. The van der Waals surface area contributed by atoms with Crippen molar-refractivity contribution in [3.8, 4) is 28.8 Å². The van der Waals surface area contributed by atoms with Gasteiger partial charge in [0.05, 0.1) is 48.5 Å². The highest BCUT2D eigenvalue weighted by molar-refractivity contribution is 5.99. The van der Waals surface area contributed by atoms with Gasteiger partial charge in [-0.1, -0.05) is 0 Å². The van der Waals surface area contributed by atoms with Gasteiger partial charge >= 0.3 is 0 Å². The molecule has 2 saturated heterocycles. The van der Waals surface area contributed by atoms with Crippen molar-refractivity contribution in [1.82, 2.24) is 9.97 Å². The first-order chi connectivity index (χ1) is 17.0. The van der Waals surface area contributed by atoms with Crippen molar-refractivity contribution < 1.29 is 14.3 Å². The van der Waals surface area contributed by atoms with Crippen LogP contribution in [0, 0.1) is 18.3 Å². The molecule has 0 bridgehead atoms. The van der Waals surface area contributed by atoms with Crippen molar-refractivity contribution >= 4 is 17.4 Å². The van der Waals surface area contributed by atoms with E-state index in [2.05, 4.69) is 20.9 Å². The van der Waals surface area contributed by atoms with Crippen molar-refractivity contribution in [2.75, 3.05) is 42.6 Å². The van der Waals surface area contributed by atoms with Crippen LogP contribution in [0.3, 0.4) is 0 Å². The first kappa shape index (κ1) is 22.8. The molecule has 0 radical (unpaired) electrons. The van der Waals surface area contributed by atoms with Gasteiger partial charge in [0.1, 0.15) is 17.3 Å². The Hall–Kier alpha value is -4.00. The Morgan fingerprint density at radius 1 is 1.14 bits per heavy atom. The molecule has 1 amide bonds. The summed E-state index contributed by atoms with van der Waals surface area (Å²) in [7, 11) is 0. The third-order valence-electron chi connectivity index (χ3n) is 6.17. The second-order valence-electron chi connectivity index (χ2n) is 8.61. The number of nitrogens with zero attached hydrogens (tertiary/aromatic N) is 5. The maximum Gasteiger partial charge on any atom is 0.244 e. The molecule has 1 atom stereocenters.